The van der Waals surface area contributed by atoms with Gasteiger partial charge in [0.1, 0.15) is 13.2 Å². The minimum atomic E-state index is -4.36. The zero-order valence-corrected chi connectivity index (χ0v) is 55.6. The molecule has 0 aliphatic carbocycles. The summed E-state index contributed by atoms with van der Waals surface area (Å²) in [5.74, 6) is -0.187. The highest BCUT2D eigenvalue weighted by Gasteiger charge is 2.28. The number of quaternary nitrogens is 1. The molecule has 0 aromatic rings. The molecule has 8 nitrogen and oxygen atoms in total. The zero-order valence-electron chi connectivity index (χ0n) is 54.7. The molecule has 478 valence electrons. The van der Waals surface area contributed by atoms with E-state index < -0.39 is 20.0 Å². The van der Waals surface area contributed by atoms with Gasteiger partial charge in [0.2, 0.25) is 5.91 Å². The second kappa shape index (κ2) is 63.2. The van der Waals surface area contributed by atoms with Crippen molar-refractivity contribution in [3.63, 3.8) is 0 Å². The minimum absolute atomic E-state index is 0.0532. The number of nitrogens with one attached hydrogen (secondary N) is 1. The van der Waals surface area contributed by atoms with Crippen LogP contribution in [0.2, 0.25) is 0 Å². The highest BCUT2D eigenvalue weighted by Crippen LogP contribution is 2.43. The normalized spacial score (nSPS) is 14.2. The van der Waals surface area contributed by atoms with Crippen LogP contribution in [0.3, 0.4) is 0 Å². The third-order valence-electron chi connectivity index (χ3n) is 15.6. The number of likely N-dealkylation sites (N-methyl/N-ethyl adjacent to an activating group) is 1. The van der Waals surface area contributed by atoms with E-state index in [1.54, 1.807) is 6.08 Å². The van der Waals surface area contributed by atoms with Crippen LogP contribution in [0, 0.1) is 0 Å². The number of aliphatic hydroxyl groups excluding tert-OH is 1. The Morgan fingerprint density at radius 2 is 0.744 bits per heavy atom. The highest BCUT2D eigenvalue weighted by molar-refractivity contribution is 7.47. The fraction of sp³-hybridized carbons (Fsp3) is 0.795. The largest absolute Gasteiger partial charge is 0.472 e. The first-order valence-corrected chi connectivity index (χ1v) is 36.5. The third kappa shape index (κ3) is 65.2. The number of phosphoric ester groups is 1. The molecule has 0 spiro atoms. The number of aliphatic hydroxyl groups is 1. The molecule has 0 rings (SSSR count). The summed E-state index contributed by atoms with van der Waals surface area (Å²) < 4.78 is 23.8. The van der Waals surface area contributed by atoms with Crippen molar-refractivity contribution < 1.29 is 32.9 Å². The maximum absolute atomic E-state index is 13.0. The number of amides is 1. The van der Waals surface area contributed by atoms with Gasteiger partial charge in [0, 0.05) is 6.42 Å². The number of hydrogen-bond acceptors (Lipinski definition) is 5. The number of nitrogens with zero attached hydrogens (tertiary/aromatic N) is 1. The van der Waals surface area contributed by atoms with Crippen LogP contribution in [0.15, 0.2) is 85.1 Å². The molecule has 3 unspecified atom stereocenters. The van der Waals surface area contributed by atoms with Gasteiger partial charge in [-0.2, -0.15) is 0 Å². The molecule has 0 heterocycles. The van der Waals surface area contributed by atoms with Gasteiger partial charge in [0.15, 0.2) is 0 Å². The van der Waals surface area contributed by atoms with Crippen LogP contribution in [0.25, 0.3) is 0 Å². The summed E-state index contributed by atoms with van der Waals surface area (Å²) in [5, 5.41) is 13.9. The standard InChI is InChI=1S/C73H135N2O6P/c1-6-8-10-12-14-16-18-20-22-24-26-27-28-29-30-31-32-33-34-35-36-37-38-39-40-41-42-43-44-45-46-47-49-51-53-55-57-59-61-63-65-67-73(77)74-71(70-81-82(78,79)80-69-68-75(3,4)5)72(76)66-64-62-60-58-56-54-52-50-48-25-23-21-19-17-15-13-11-9-7-2/h8,10,14,16,20,22,26-27,48,50,56,58,64,66,71-72,76H,6-7,9,11-13,15,17-19,21,23-25,28-47,49,51-55,57,59-63,65,67-70H2,1-5H3,(H-,74,77,78,79)/p+1/b10-8-,16-14-,22-20-,27-26-,50-48+,58-56+,66-64+. The van der Waals surface area contributed by atoms with Crippen molar-refractivity contribution in [2.45, 2.75) is 334 Å². The Kier molecular flexibility index (Phi) is 61.4. The SMILES string of the molecule is CC/C=C\C/C=C\C/C=C\C/C=C\CCCCCCCCCCCCCCCCCCCCCCCCCCCCCCC(=O)NC(COP(=O)(O)OCC[N+](C)(C)C)C(O)/C=C/CC/C=C/CC/C=C/CCCCCCCCCCC. The van der Waals surface area contributed by atoms with Gasteiger partial charge >= 0.3 is 7.82 Å². The lowest BCUT2D eigenvalue weighted by Gasteiger charge is -2.25. The average molecular weight is 1170 g/mol. The summed E-state index contributed by atoms with van der Waals surface area (Å²) in [6.45, 7) is 4.70. The van der Waals surface area contributed by atoms with Gasteiger partial charge in [-0.25, -0.2) is 4.57 Å². The summed E-state index contributed by atoms with van der Waals surface area (Å²) in [6, 6.07) is -0.872. The van der Waals surface area contributed by atoms with Crippen molar-refractivity contribution in [3.05, 3.63) is 85.1 Å². The number of carbonyl (C=O) groups is 1. The molecule has 0 aromatic heterocycles. The number of carbonyl (C=O) groups excluding carboxylic acids is 1. The van der Waals surface area contributed by atoms with E-state index in [4.69, 9.17) is 9.05 Å². The Morgan fingerprint density at radius 3 is 1.12 bits per heavy atom. The lowest BCUT2D eigenvalue weighted by Crippen LogP contribution is -2.45. The Labute approximate surface area is 509 Å². The fourth-order valence-corrected chi connectivity index (χ4v) is 10.9. The van der Waals surface area contributed by atoms with Crippen molar-refractivity contribution in [1.82, 2.24) is 5.32 Å². The van der Waals surface area contributed by atoms with Gasteiger partial charge in [0.25, 0.3) is 0 Å². The molecular weight excluding hydrogens is 1030 g/mol. The van der Waals surface area contributed by atoms with Gasteiger partial charge in [0.05, 0.1) is 39.9 Å². The second-order valence-corrected chi connectivity index (χ2v) is 26.3. The summed E-state index contributed by atoms with van der Waals surface area (Å²) in [5.41, 5.74) is 0. The van der Waals surface area contributed by atoms with Gasteiger partial charge < -0.3 is 19.8 Å². The molecule has 0 fully saturated rings. The summed E-state index contributed by atoms with van der Waals surface area (Å²) >= 11 is 0. The molecule has 0 saturated heterocycles. The summed E-state index contributed by atoms with van der Waals surface area (Å²) in [6.07, 6.45) is 90.4. The van der Waals surface area contributed by atoms with Crippen LogP contribution in [0.5, 0.6) is 0 Å². The number of rotatable bonds is 64. The molecule has 0 aliphatic heterocycles. The Bertz CT molecular complexity index is 1610. The fourth-order valence-electron chi connectivity index (χ4n) is 10.2. The lowest BCUT2D eigenvalue weighted by atomic mass is 10.0. The first-order chi connectivity index (χ1) is 40.0. The smallest absolute Gasteiger partial charge is 0.387 e. The van der Waals surface area contributed by atoms with E-state index in [0.29, 0.717) is 17.4 Å². The average Bonchev–Trinajstić information content (AvgIpc) is 3.47. The van der Waals surface area contributed by atoms with Crippen LogP contribution in [-0.2, 0) is 18.4 Å². The molecule has 1 amide bonds. The lowest BCUT2D eigenvalue weighted by molar-refractivity contribution is -0.870. The van der Waals surface area contributed by atoms with Crippen LogP contribution < -0.4 is 5.32 Å². The molecule has 0 saturated carbocycles. The van der Waals surface area contributed by atoms with Crippen LogP contribution in [0.1, 0.15) is 322 Å². The van der Waals surface area contributed by atoms with Gasteiger partial charge in [-0.15, -0.1) is 0 Å². The molecule has 82 heavy (non-hydrogen) atoms. The topological polar surface area (TPSA) is 105 Å². The Morgan fingerprint density at radius 1 is 0.427 bits per heavy atom. The van der Waals surface area contributed by atoms with E-state index in [-0.39, 0.29) is 19.1 Å². The minimum Gasteiger partial charge on any atom is -0.387 e. The van der Waals surface area contributed by atoms with Crippen molar-refractivity contribution in [1.29, 1.82) is 0 Å². The maximum Gasteiger partial charge on any atom is 0.472 e. The van der Waals surface area contributed by atoms with E-state index in [0.717, 1.165) is 70.6 Å². The molecule has 0 bridgehead atoms. The van der Waals surface area contributed by atoms with Gasteiger partial charge in [-0.05, 0) is 83.5 Å². The zero-order chi connectivity index (χ0) is 59.8. The second-order valence-electron chi connectivity index (χ2n) is 24.9. The quantitative estimate of drug-likeness (QED) is 0.0243. The first kappa shape index (κ1) is 79.7. The molecule has 3 atom stereocenters. The third-order valence-corrected chi connectivity index (χ3v) is 16.6. The molecule has 0 radical (unpaired) electrons. The van der Waals surface area contributed by atoms with Crippen LogP contribution >= 0.6 is 7.82 Å². The van der Waals surface area contributed by atoms with Crippen LogP contribution in [0.4, 0.5) is 0 Å². The van der Waals surface area contributed by atoms with Crippen molar-refractivity contribution in [2.75, 3.05) is 40.9 Å². The highest BCUT2D eigenvalue weighted by atomic mass is 31.2. The van der Waals surface area contributed by atoms with Crippen molar-refractivity contribution in [3.8, 4) is 0 Å². The molecule has 0 aliphatic rings. The first-order valence-electron chi connectivity index (χ1n) is 35.0. The maximum atomic E-state index is 13.0. The van der Waals surface area contributed by atoms with E-state index in [1.165, 1.54) is 231 Å². The molecule has 0 aromatic carbocycles. The molecular formula is C73H136N2O6P+. The number of hydrogen-bond donors (Lipinski definition) is 3. The predicted octanol–water partition coefficient (Wildman–Crippen LogP) is 22.3. The summed E-state index contributed by atoms with van der Waals surface area (Å²) in [4.78, 5) is 23.4. The number of phosphoric acid groups is 1. The number of allylic oxidation sites excluding steroid dienone is 13. The molecule has 9 heteroatoms. The van der Waals surface area contributed by atoms with Crippen LogP contribution in [-0.4, -0.2) is 73.4 Å². The number of unbranched alkanes of at least 4 members (excludes halogenated alkanes) is 39. The Hall–Kier alpha value is -2.32. The van der Waals surface area contributed by atoms with Gasteiger partial charge in [-0.1, -0.05) is 317 Å². The Balaban J connectivity index is 3.94. The van der Waals surface area contributed by atoms with E-state index >= 15 is 0 Å². The van der Waals surface area contributed by atoms with E-state index in [1.807, 2.05) is 27.2 Å². The van der Waals surface area contributed by atoms with Crippen molar-refractivity contribution in [2.24, 2.45) is 0 Å². The van der Waals surface area contributed by atoms with E-state index in [9.17, 15) is 19.4 Å². The summed E-state index contributed by atoms with van der Waals surface area (Å²) in [7, 11) is 1.55. The van der Waals surface area contributed by atoms with Crippen molar-refractivity contribution >= 4 is 13.7 Å². The predicted molar refractivity (Wildman–Crippen MR) is 360 cm³/mol. The van der Waals surface area contributed by atoms with Gasteiger partial charge in [-0.3, -0.25) is 13.8 Å². The van der Waals surface area contributed by atoms with E-state index in [2.05, 4.69) is 92.1 Å². The monoisotopic (exact) mass is 1170 g/mol. The molecule has 3 N–H and O–H groups in total.